The minimum atomic E-state index is -1.47. The van der Waals surface area contributed by atoms with E-state index in [0.717, 1.165) is 11.1 Å². The molecule has 3 atom stereocenters. The van der Waals surface area contributed by atoms with Crippen molar-refractivity contribution in [3.8, 4) is 0 Å². The molecule has 7 N–H and O–H groups in total. The number of carbonyl (C=O) groups excluding carboxylic acids is 4. The van der Waals surface area contributed by atoms with Crippen molar-refractivity contribution in [2.45, 2.75) is 58.7 Å². The number of ether oxygens (including phenoxy) is 3. The van der Waals surface area contributed by atoms with Crippen LogP contribution in [0.25, 0.3) is 0 Å². The molecule has 2 aromatic heterocycles. The predicted octanol–water partition coefficient (Wildman–Crippen LogP) is 3.48. The lowest BCUT2D eigenvalue weighted by Crippen LogP contribution is -2.54. The van der Waals surface area contributed by atoms with Crippen molar-refractivity contribution in [1.29, 1.82) is 0 Å². The molecule has 2 aromatic carbocycles. The first-order chi connectivity index (χ1) is 30.8. The Morgan fingerprint density at radius 2 is 1.61 bits per heavy atom. The Bertz CT molecular complexity index is 2120. The van der Waals surface area contributed by atoms with Crippen LogP contribution >= 0.6 is 22.9 Å². The van der Waals surface area contributed by atoms with E-state index in [9.17, 15) is 24.3 Å². The van der Waals surface area contributed by atoms with Crippen molar-refractivity contribution in [2.24, 2.45) is 11.7 Å². The van der Waals surface area contributed by atoms with Crippen LogP contribution in [0, 0.1) is 19.8 Å². The Morgan fingerprint density at radius 3 is 2.31 bits per heavy atom. The molecule has 0 aliphatic carbocycles. The number of aliphatic hydroxyl groups excluding tert-OH is 1. The van der Waals surface area contributed by atoms with E-state index >= 15 is 0 Å². The van der Waals surface area contributed by atoms with E-state index < -0.39 is 24.1 Å². The lowest BCUT2D eigenvalue weighted by molar-refractivity contribution is -0.137. The lowest BCUT2D eigenvalue weighted by Gasteiger charge is -2.35. The SMILES string of the molecule is Cc1nc(Nc2ncc(C(=O)Nc3c(C)cccc3Cl)s2)cc(N2CCN(C(=O)COCCOCCOCCNC(=O)[C@H](CC(C)C)NC(=O)[C@@H](O)[C@H](N)Cc3ccccc3)CC2)n1. The highest BCUT2D eigenvalue weighted by molar-refractivity contribution is 7.17. The Labute approximate surface area is 382 Å². The number of hydrogen-bond donors (Lipinski definition) is 6. The van der Waals surface area contributed by atoms with Gasteiger partial charge in [0.1, 0.15) is 41.1 Å². The molecule has 4 amide bonds. The third-order valence-electron chi connectivity index (χ3n) is 10.0. The highest BCUT2D eigenvalue weighted by Crippen LogP contribution is 2.28. The van der Waals surface area contributed by atoms with E-state index in [1.807, 2.05) is 69.3 Å². The number of anilines is 4. The predicted molar refractivity (Wildman–Crippen MR) is 246 cm³/mol. The van der Waals surface area contributed by atoms with Crippen molar-refractivity contribution in [1.82, 2.24) is 30.5 Å². The van der Waals surface area contributed by atoms with Gasteiger partial charge in [-0.05, 0) is 49.8 Å². The van der Waals surface area contributed by atoms with Crippen molar-refractivity contribution in [3.63, 3.8) is 0 Å². The summed E-state index contributed by atoms with van der Waals surface area (Å²) < 4.78 is 16.7. The maximum Gasteiger partial charge on any atom is 0.267 e. The highest BCUT2D eigenvalue weighted by Gasteiger charge is 2.29. The maximum absolute atomic E-state index is 12.9. The first-order valence-corrected chi connectivity index (χ1v) is 22.4. The second-order valence-electron chi connectivity index (χ2n) is 15.6. The number of rotatable bonds is 24. The highest BCUT2D eigenvalue weighted by atomic mass is 35.5. The van der Waals surface area contributed by atoms with E-state index in [1.165, 1.54) is 17.5 Å². The second kappa shape index (κ2) is 25.3. The van der Waals surface area contributed by atoms with Gasteiger partial charge in [-0.1, -0.05) is 79.2 Å². The summed E-state index contributed by atoms with van der Waals surface area (Å²) in [4.78, 5) is 69.2. The van der Waals surface area contributed by atoms with Gasteiger partial charge in [0.05, 0.1) is 49.9 Å². The van der Waals surface area contributed by atoms with Crippen LogP contribution in [0.5, 0.6) is 0 Å². The second-order valence-corrected chi connectivity index (χ2v) is 17.1. The molecule has 5 rings (SSSR count). The molecule has 0 saturated carbocycles. The average molecular weight is 924 g/mol. The van der Waals surface area contributed by atoms with Crippen LogP contribution in [0.2, 0.25) is 5.02 Å². The maximum atomic E-state index is 12.9. The number of aryl methyl sites for hydroxylation is 2. The summed E-state index contributed by atoms with van der Waals surface area (Å²) in [5.41, 5.74) is 8.41. The third kappa shape index (κ3) is 15.8. The van der Waals surface area contributed by atoms with Crippen molar-refractivity contribution < 1.29 is 38.5 Å². The fourth-order valence-corrected chi connectivity index (χ4v) is 7.67. The van der Waals surface area contributed by atoms with Gasteiger partial charge in [-0.15, -0.1) is 0 Å². The Kier molecular flexibility index (Phi) is 19.6. The molecule has 346 valence electrons. The van der Waals surface area contributed by atoms with Gasteiger partial charge in [0, 0.05) is 44.8 Å². The van der Waals surface area contributed by atoms with Gasteiger partial charge in [-0.2, -0.15) is 0 Å². The first kappa shape index (κ1) is 49.7. The number of piperazine rings is 1. The zero-order valence-corrected chi connectivity index (χ0v) is 38.3. The number of nitrogens with zero attached hydrogens (tertiary/aromatic N) is 5. The quantitative estimate of drug-likeness (QED) is 0.0553. The normalized spacial score (nSPS) is 14.2. The summed E-state index contributed by atoms with van der Waals surface area (Å²) in [7, 11) is 0. The molecular weight excluding hydrogens is 864 g/mol. The molecule has 0 spiro atoms. The van der Waals surface area contributed by atoms with Gasteiger partial charge in [-0.3, -0.25) is 19.2 Å². The van der Waals surface area contributed by atoms with Crippen molar-refractivity contribution >= 4 is 69.0 Å². The number of nitrogens with two attached hydrogens (primary N) is 1. The van der Waals surface area contributed by atoms with Gasteiger partial charge < -0.3 is 56.1 Å². The summed E-state index contributed by atoms with van der Waals surface area (Å²) >= 11 is 7.47. The largest absolute Gasteiger partial charge is 0.382 e. The van der Waals surface area contributed by atoms with Gasteiger partial charge in [-0.25, -0.2) is 15.0 Å². The number of para-hydroxylation sites is 1. The third-order valence-corrected chi connectivity index (χ3v) is 11.3. The number of nitrogens with one attached hydrogen (secondary N) is 4. The van der Waals surface area contributed by atoms with E-state index in [2.05, 4.69) is 41.1 Å². The van der Waals surface area contributed by atoms with Gasteiger partial charge in [0.15, 0.2) is 5.13 Å². The summed E-state index contributed by atoms with van der Waals surface area (Å²) in [6, 6.07) is 14.9. The molecule has 18 nitrogen and oxygen atoms in total. The van der Waals surface area contributed by atoms with Crippen LogP contribution in [-0.4, -0.2) is 139 Å². The molecule has 20 heteroatoms. The number of thiazole rings is 1. The molecule has 0 bridgehead atoms. The number of carbonyl (C=O) groups is 4. The molecular formula is C44H59ClN10O8S. The van der Waals surface area contributed by atoms with E-state index in [0.29, 0.717) is 83.8 Å². The molecule has 1 aliphatic heterocycles. The number of benzene rings is 2. The van der Waals surface area contributed by atoms with Gasteiger partial charge >= 0.3 is 0 Å². The number of aliphatic hydroxyl groups is 1. The molecule has 1 aliphatic rings. The van der Waals surface area contributed by atoms with Crippen LogP contribution in [-0.2, 0) is 35.0 Å². The zero-order valence-electron chi connectivity index (χ0n) is 36.7. The molecule has 1 fully saturated rings. The first-order valence-electron chi connectivity index (χ1n) is 21.2. The topological polar surface area (TPSA) is 235 Å². The van der Waals surface area contributed by atoms with E-state index in [-0.39, 0.29) is 63.2 Å². The molecule has 0 radical (unpaired) electrons. The zero-order chi connectivity index (χ0) is 46.0. The molecule has 3 heterocycles. The van der Waals surface area contributed by atoms with Crippen LogP contribution < -0.4 is 31.9 Å². The fourth-order valence-electron chi connectivity index (χ4n) is 6.69. The number of hydrogen-bond acceptors (Lipinski definition) is 15. The summed E-state index contributed by atoms with van der Waals surface area (Å²) in [5, 5.41) is 23.0. The molecule has 4 aromatic rings. The Morgan fingerprint density at radius 1 is 0.906 bits per heavy atom. The van der Waals surface area contributed by atoms with Crippen molar-refractivity contribution in [2.75, 3.05) is 87.9 Å². The monoisotopic (exact) mass is 922 g/mol. The van der Waals surface area contributed by atoms with Crippen LogP contribution in [0.3, 0.4) is 0 Å². The Balaban J connectivity index is 0.917. The average Bonchev–Trinajstić information content (AvgIpc) is 3.74. The Hall–Kier alpha value is -5.28. The van der Waals surface area contributed by atoms with Crippen LogP contribution in [0.1, 0.15) is 46.9 Å². The van der Waals surface area contributed by atoms with Crippen LogP contribution in [0.4, 0.5) is 22.5 Å². The summed E-state index contributed by atoms with van der Waals surface area (Å²) in [5.74, 6) is 0.415. The standard InChI is InChI=1S/C44H59ClN10O8S/c1-28(2)23-34(51-43(60)40(57)33(46)24-31-10-6-5-7-11-31)41(58)47-13-18-61-19-20-62-21-22-63-27-38(56)55-16-14-54(15-17-55)37-25-36(49-30(4)50-37)52-44-48-26-35(64-44)42(59)53-39-29(3)9-8-12-32(39)45/h5-12,25-26,28,33-34,40,57H,13-24,27,46H2,1-4H3,(H,47,58)(H,51,60)(H,53,59)(H,48,49,50,52)/t33-,34+,40+/m1/s1. The van der Waals surface area contributed by atoms with E-state index in [4.69, 9.17) is 31.5 Å². The number of amides is 4. The summed E-state index contributed by atoms with van der Waals surface area (Å²) in [6.07, 6.45) is 0.725. The fraction of sp³-hybridized carbons (Fsp3) is 0.477. The molecule has 64 heavy (non-hydrogen) atoms. The molecule has 1 saturated heterocycles. The van der Waals surface area contributed by atoms with Crippen molar-refractivity contribution in [3.05, 3.63) is 87.6 Å². The number of halogens is 1. The minimum Gasteiger partial charge on any atom is -0.382 e. The molecule has 0 unspecified atom stereocenters. The van der Waals surface area contributed by atoms with Crippen LogP contribution in [0.15, 0.2) is 60.8 Å². The van der Waals surface area contributed by atoms with E-state index in [1.54, 1.807) is 17.9 Å². The smallest absolute Gasteiger partial charge is 0.267 e. The minimum absolute atomic E-state index is 0.0657. The van der Waals surface area contributed by atoms with Gasteiger partial charge in [0.25, 0.3) is 11.8 Å². The summed E-state index contributed by atoms with van der Waals surface area (Å²) in [6.45, 7) is 11.2. The lowest BCUT2D eigenvalue weighted by atomic mass is 10.00. The van der Waals surface area contributed by atoms with Gasteiger partial charge in [0.2, 0.25) is 11.8 Å². The number of aromatic nitrogens is 3.